The summed E-state index contributed by atoms with van der Waals surface area (Å²) >= 11 is 0.808. The van der Waals surface area contributed by atoms with Crippen LogP contribution < -0.4 is 14.9 Å². The standard InChI is InChI=1S/C42H47N3O13S2/c1-25(46)43-38-35(50)22-42(41(51)55-23-29-12-8-7-9-13-29,58-40(38)39(57-28(4)49)36(56-27(3)48)24-54-26(2)47)59-31-20-18-30(19-21-31)44-60(52,53)37-17-11-14-32-33(37)15-10-16-34(32)45(5)6/h7-21,35-36,38-40,44,50H,22-24H2,1-6H3,(H,43,46)/t35-,36+,38+,39+,40+,42-/m0/s1. The molecule has 6 atom stereocenters. The van der Waals surface area contributed by atoms with Crippen LogP contribution in [0.15, 0.2) is 101 Å². The van der Waals surface area contributed by atoms with Crippen molar-refractivity contribution in [3.63, 3.8) is 0 Å². The number of hydrogen-bond donors (Lipinski definition) is 3. The molecule has 1 heterocycles. The van der Waals surface area contributed by atoms with Crippen LogP contribution in [-0.2, 0) is 64.3 Å². The van der Waals surface area contributed by atoms with E-state index in [2.05, 4.69) is 10.0 Å². The number of sulfonamides is 1. The molecule has 0 aromatic heterocycles. The average molecular weight is 866 g/mol. The van der Waals surface area contributed by atoms with Gasteiger partial charge in [-0.3, -0.25) is 23.9 Å². The van der Waals surface area contributed by atoms with E-state index in [0.29, 0.717) is 15.8 Å². The molecule has 0 bridgehead atoms. The zero-order valence-corrected chi connectivity index (χ0v) is 35.4. The maximum absolute atomic E-state index is 14.4. The third kappa shape index (κ3) is 11.3. The topological polar surface area (TPSA) is 213 Å². The molecule has 0 saturated carbocycles. The van der Waals surface area contributed by atoms with Gasteiger partial charge >= 0.3 is 23.9 Å². The summed E-state index contributed by atoms with van der Waals surface area (Å²) in [5, 5.41) is 15.6. The van der Waals surface area contributed by atoms with Gasteiger partial charge in [-0.1, -0.05) is 66.4 Å². The number of nitrogens with one attached hydrogen (secondary N) is 2. The van der Waals surface area contributed by atoms with E-state index in [1.807, 2.05) is 31.1 Å². The van der Waals surface area contributed by atoms with Gasteiger partial charge in [-0.15, -0.1) is 0 Å². The van der Waals surface area contributed by atoms with Crippen molar-refractivity contribution in [2.24, 2.45) is 0 Å². The number of ether oxygens (including phenoxy) is 5. The van der Waals surface area contributed by atoms with Crippen molar-refractivity contribution in [1.29, 1.82) is 0 Å². The normalized spacial score (nSPS) is 19.9. The lowest BCUT2D eigenvalue weighted by molar-refractivity contribution is -0.221. The molecule has 320 valence electrons. The molecule has 0 radical (unpaired) electrons. The van der Waals surface area contributed by atoms with Gasteiger partial charge in [0.15, 0.2) is 12.2 Å². The quantitative estimate of drug-likeness (QED) is 0.106. The highest BCUT2D eigenvalue weighted by atomic mass is 32.2. The molecule has 1 saturated heterocycles. The lowest BCUT2D eigenvalue weighted by Gasteiger charge is -2.48. The molecule has 4 aromatic carbocycles. The average Bonchev–Trinajstić information content (AvgIpc) is 3.18. The number of rotatable bonds is 16. The van der Waals surface area contributed by atoms with Crippen LogP contribution in [0.1, 0.15) is 39.7 Å². The summed E-state index contributed by atoms with van der Waals surface area (Å²) in [6.45, 7) is 3.58. The molecule has 5 rings (SSSR count). The molecule has 18 heteroatoms. The molecule has 1 amide bonds. The summed E-state index contributed by atoms with van der Waals surface area (Å²) < 4.78 is 58.7. The van der Waals surface area contributed by atoms with E-state index < -0.39 is 88.2 Å². The second kappa shape index (κ2) is 19.6. The first kappa shape index (κ1) is 45.4. The molecule has 0 spiro atoms. The minimum Gasteiger partial charge on any atom is -0.462 e. The number of hydrogen-bond acceptors (Lipinski definition) is 15. The van der Waals surface area contributed by atoms with Gasteiger partial charge in [0.2, 0.25) is 10.8 Å². The molecule has 3 N–H and O–H groups in total. The Labute approximate surface area is 351 Å². The van der Waals surface area contributed by atoms with Gasteiger partial charge in [0.05, 0.1) is 17.0 Å². The van der Waals surface area contributed by atoms with Crippen molar-refractivity contribution >= 4 is 73.7 Å². The maximum atomic E-state index is 14.4. The summed E-state index contributed by atoms with van der Waals surface area (Å²) in [4.78, 5) is 63.8. The third-order valence-corrected chi connectivity index (χ3v) is 12.0. The first-order valence-corrected chi connectivity index (χ1v) is 21.0. The SMILES string of the molecule is CC(=O)N[C@H]1[C@H]([C@H](OC(C)=O)[C@@H](COC(C)=O)OC(C)=O)O[C@@](Sc2ccc(NS(=O)(=O)c3cccc4c(N(C)C)cccc34)cc2)(C(=O)OCc2ccccc2)C[C@@H]1O. The predicted octanol–water partition coefficient (Wildman–Crippen LogP) is 4.32. The smallest absolute Gasteiger partial charge is 0.349 e. The number of benzene rings is 4. The Hall–Kier alpha value is -5.69. The molecule has 60 heavy (non-hydrogen) atoms. The lowest BCUT2D eigenvalue weighted by atomic mass is 9.89. The molecule has 16 nitrogen and oxygen atoms in total. The molecule has 4 aromatic rings. The van der Waals surface area contributed by atoms with Crippen LogP contribution in [-0.4, -0.2) is 99.4 Å². The Morgan fingerprint density at radius 1 is 0.833 bits per heavy atom. The van der Waals surface area contributed by atoms with Crippen molar-refractivity contribution in [3.05, 3.63) is 96.6 Å². The summed E-state index contributed by atoms with van der Waals surface area (Å²) in [5.74, 6) is -4.09. The van der Waals surface area contributed by atoms with Crippen LogP contribution in [0, 0.1) is 0 Å². The number of aliphatic hydroxyl groups excluding tert-OH is 1. The Balaban J connectivity index is 1.53. The van der Waals surface area contributed by atoms with Gasteiger partial charge < -0.3 is 39.0 Å². The van der Waals surface area contributed by atoms with Gasteiger partial charge in [-0.2, -0.15) is 0 Å². The fourth-order valence-electron chi connectivity index (χ4n) is 6.75. The molecule has 0 unspecified atom stereocenters. The number of aliphatic hydroxyl groups is 1. The number of carbonyl (C=O) groups excluding carboxylic acids is 5. The Bertz CT molecular complexity index is 2310. The highest BCUT2D eigenvalue weighted by Crippen LogP contribution is 2.46. The highest BCUT2D eigenvalue weighted by Gasteiger charge is 2.57. The van der Waals surface area contributed by atoms with Crippen molar-refractivity contribution in [2.75, 3.05) is 30.3 Å². The fourth-order valence-corrected chi connectivity index (χ4v) is 9.24. The maximum Gasteiger partial charge on any atom is 0.349 e. The molecular formula is C42H47N3O13S2. The molecule has 1 aliphatic heterocycles. The summed E-state index contributed by atoms with van der Waals surface area (Å²) in [6.07, 6.45) is -6.88. The van der Waals surface area contributed by atoms with E-state index in [-0.39, 0.29) is 17.2 Å². The largest absolute Gasteiger partial charge is 0.462 e. The number of carbonyl (C=O) groups is 5. The number of fused-ring (bicyclic) bond motifs is 1. The monoisotopic (exact) mass is 865 g/mol. The van der Waals surface area contributed by atoms with Crippen LogP contribution in [0.25, 0.3) is 10.8 Å². The molecule has 0 aliphatic carbocycles. The second-order valence-corrected chi connectivity index (χ2v) is 17.2. The Morgan fingerprint density at radius 3 is 2.10 bits per heavy atom. The van der Waals surface area contributed by atoms with Gasteiger partial charge in [0.1, 0.15) is 19.3 Å². The summed E-state index contributed by atoms with van der Waals surface area (Å²) in [7, 11) is -0.377. The van der Waals surface area contributed by atoms with E-state index in [9.17, 15) is 37.5 Å². The van der Waals surface area contributed by atoms with Crippen molar-refractivity contribution in [1.82, 2.24) is 5.32 Å². The van der Waals surface area contributed by atoms with Crippen LogP contribution >= 0.6 is 11.8 Å². The van der Waals surface area contributed by atoms with E-state index in [4.69, 9.17) is 23.7 Å². The first-order chi connectivity index (χ1) is 28.4. The van der Waals surface area contributed by atoms with Crippen molar-refractivity contribution in [2.45, 2.75) is 85.9 Å². The zero-order chi connectivity index (χ0) is 43.8. The van der Waals surface area contributed by atoms with E-state index in [1.54, 1.807) is 48.5 Å². The van der Waals surface area contributed by atoms with Crippen molar-refractivity contribution < 1.29 is 61.2 Å². The molecular weight excluding hydrogens is 819 g/mol. The number of esters is 4. The van der Waals surface area contributed by atoms with Gasteiger partial charge in [0.25, 0.3) is 10.0 Å². The van der Waals surface area contributed by atoms with Gasteiger partial charge in [0, 0.05) is 75.3 Å². The van der Waals surface area contributed by atoms with E-state index in [1.165, 1.54) is 37.3 Å². The van der Waals surface area contributed by atoms with E-state index in [0.717, 1.165) is 43.6 Å². The summed E-state index contributed by atoms with van der Waals surface area (Å²) in [6, 6.07) is 23.8. The number of thioether (sulfide) groups is 1. The summed E-state index contributed by atoms with van der Waals surface area (Å²) in [5.41, 5.74) is 1.66. The van der Waals surface area contributed by atoms with Crippen LogP contribution in [0.3, 0.4) is 0 Å². The lowest BCUT2D eigenvalue weighted by Crippen LogP contribution is -2.67. The van der Waals surface area contributed by atoms with Crippen LogP contribution in [0.5, 0.6) is 0 Å². The van der Waals surface area contributed by atoms with Gasteiger partial charge in [-0.05, 0) is 42.0 Å². The number of nitrogens with zero attached hydrogens (tertiary/aromatic N) is 1. The molecule has 1 aliphatic rings. The number of anilines is 2. The zero-order valence-electron chi connectivity index (χ0n) is 33.8. The predicted molar refractivity (Wildman–Crippen MR) is 221 cm³/mol. The Morgan fingerprint density at radius 2 is 1.48 bits per heavy atom. The second-order valence-electron chi connectivity index (χ2n) is 14.2. The Kier molecular flexibility index (Phi) is 14.8. The minimum atomic E-state index is -4.11. The number of amides is 1. The van der Waals surface area contributed by atoms with E-state index >= 15 is 0 Å². The molecule has 1 fully saturated rings. The fraction of sp³-hybridized carbons (Fsp3) is 0.357. The van der Waals surface area contributed by atoms with Crippen LogP contribution in [0.4, 0.5) is 11.4 Å². The first-order valence-electron chi connectivity index (χ1n) is 18.7. The van der Waals surface area contributed by atoms with Crippen LogP contribution in [0.2, 0.25) is 0 Å². The minimum absolute atomic E-state index is 0.0646. The van der Waals surface area contributed by atoms with Crippen molar-refractivity contribution in [3.8, 4) is 0 Å². The third-order valence-electron chi connectivity index (χ3n) is 9.25. The van der Waals surface area contributed by atoms with Gasteiger partial charge in [-0.25, -0.2) is 13.2 Å². The highest BCUT2D eigenvalue weighted by molar-refractivity contribution is 8.01.